The fourth-order valence-corrected chi connectivity index (χ4v) is 11.3. The number of oxazole rings is 1. The van der Waals surface area contributed by atoms with Gasteiger partial charge in [0.2, 0.25) is 0 Å². The summed E-state index contributed by atoms with van der Waals surface area (Å²) in [7, 11) is -3.96. The van der Waals surface area contributed by atoms with Crippen LogP contribution in [-0.4, -0.2) is 39.8 Å². The van der Waals surface area contributed by atoms with Crippen molar-refractivity contribution in [2.45, 2.75) is 181 Å². The van der Waals surface area contributed by atoms with E-state index in [2.05, 4.69) is 98.7 Å². The Hall–Kier alpha value is -1.75. The maximum absolute atomic E-state index is 11.8. The lowest BCUT2D eigenvalue weighted by atomic mass is 9.60. The van der Waals surface area contributed by atoms with Crippen molar-refractivity contribution in [3.8, 4) is 0 Å². The molecule has 3 aliphatic carbocycles. The molecule has 0 amide bonds. The van der Waals surface area contributed by atoms with Gasteiger partial charge in [0.05, 0.1) is 12.2 Å². The van der Waals surface area contributed by atoms with E-state index in [1.807, 2.05) is 0 Å². The lowest BCUT2D eigenvalue weighted by molar-refractivity contribution is -0.147. The van der Waals surface area contributed by atoms with Gasteiger partial charge in [-0.3, -0.25) is 4.79 Å². The number of nitrogens with zero attached hydrogens (tertiary/aromatic N) is 1. The van der Waals surface area contributed by atoms with Crippen molar-refractivity contribution in [1.29, 1.82) is 0 Å². The number of hydrogen-bond acceptors (Lipinski definition) is 6. The summed E-state index contributed by atoms with van der Waals surface area (Å²) in [5.41, 5.74) is 5.13. The number of esters is 1. The molecule has 4 rings (SSSR count). The van der Waals surface area contributed by atoms with E-state index in [0.29, 0.717) is 28.9 Å². The molecule has 7 atom stereocenters. The molecule has 3 saturated carbocycles. The molecule has 0 aliphatic heterocycles. The summed E-state index contributed by atoms with van der Waals surface area (Å²) in [6.07, 6.45) is 18.7. The van der Waals surface area contributed by atoms with Crippen LogP contribution in [0.4, 0.5) is 0 Å². The maximum Gasteiger partial charge on any atom is 0.303 e. The molecule has 0 saturated heterocycles. The van der Waals surface area contributed by atoms with Gasteiger partial charge in [0.25, 0.3) is 0 Å². The molecule has 3 aliphatic rings. The summed E-state index contributed by atoms with van der Waals surface area (Å²) in [5, 5.41) is 0.295. The standard InChI is InChI=1S/C42H71NO5Si2/c1-29(17-15-19-38(46-31(3)44)37-27-45-28-43-37)35-22-23-36-32(18-16-24-42(35,36)10)20-21-33-25-34(47-49(11,12)40(4,5)6)26-39(30(33)2)48-50(13,14)41(7,8)9/h20-21,27-29,34-36,38-39H,2,15-19,22-26H2,1,3-14H3/b32-20+,33-21-/t29-,34-,35-,36+,38?,39+,42-/m1/s1. The van der Waals surface area contributed by atoms with Gasteiger partial charge < -0.3 is 18.0 Å². The molecule has 1 aromatic heterocycles. The van der Waals surface area contributed by atoms with E-state index in [1.165, 1.54) is 51.0 Å². The van der Waals surface area contributed by atoms with E-state index in [1.54, 1.807) is 11.8 Å². The second-order valence-corrected chi connectivity index (χ2v) is 28.8. The molecule has 0 N–H and O–H groups in total. The first-order valence-electron chi connectivity index (χ1n) is 19.6. The van der Waals surface area contributed by atoms with Gasteiger partial charge in [-0.25, -0.2) is 4.98 Å². The number of carbonyl (C=O) groups excluding carboxylic acids is 1. The Morgan fingerprint density at radius 3 is 2.32 bits per heavy atom. The van der Waals surface area contributed by atoms with E-state index >= 15 is 0 Å². The van der Waals surface area contributed by atoms with Gasteiger partial charge >= 0.3 is 5.97 Å². The molecule has 0 spiro atoms. The summed E-state index contributed by atoms with van der Waals surface area (Å²) in [6, 6.07) is 0. The van der Waals surface area contributed by atoms with Crippen LogP contribution in [0.25, 0.3) is 0 Å². The molecule has 282 valence electrons. The Morgan fingerprint density at radius 1 is 1.06 bits per heavy atom. The number of ether oxygens (including phenoxy) is 1. The Morgan fingerprint density at radius 2 is 1.72 bits per heavy atom. The highest BCUT2D eigenvalue weighted by Crippen LogP contribution is 2.60. The number of fused-ring (bicyclic) bond motifs is 1. The largest absolute Gasteiger partial charge is 0.456 e. The van der Waals surface area contributed by atoms with Gasteiger partial charge in [-0.2, -0.15) is 0 Å². The second-order valence-electron chi connectivity index (χ2n) is 19.3. The average Bonchev–Trinajstić information content (AvgIpc) is 3.64. The summed E-state index contributed by atoms with van der Waals surface area (Å²) in [6.45, 7) is 34.6. The molecule has 0 aromatic carbocycles. The van der Waals surface area contributed by atoms with E-state index in [4.69, 9.17) is 24.6 Å². The first-order chi connectivity index (χ1) is 23.1. The number of rotatable bonds is 12. The van der Waals surface area contributed by atoms with Crippen molar-refractivity contribution in [2.75, 3.05) is 0 Å². The van der Waals surface area contributed by atoms with Gasteiger partial charge in [0, 0.05) is 13.3 Å². The number of allylic oxidation sites excluding steroid dienone is 3. The van der Waals surface area contributed by atoms with Gasteiger partial charge in [0.15, 0.2) is 23.0 Å². The van der Waals surface area contributed by atoms with Crippen LogP contribution in [0.15, 0.2) is 52.5 Å². The van der Waals surface area contributed by atoms with Gasteiger partial charge in [-0.1, -0.05) is 86.1 Å². The third kappa shape index (κ3) is 9.42. The van der Waals surface area contributed by atoms with Gasteiger partial charge in [-0.15, -0.1) is 0 Å². The molecular weight excluding hydrogens is 655 g/mol. The molecular formula is C42H71NO5Si2. The predicted octanol–water partition coefficient (Wildman–Crippen LogP) is 12.3. The van der Waals surface area contributed by atoms with Crippen LogP contribution in [0.5, 0.6) is 0 Å². The van der Waals surface area contributed by atoms with Crippen molar-refractivity contribution in [2.24, 2.45) is 23.2 Å². The minimum Gasteiger partial charge on any atom is -0.456 e. The topological polar surface area (TPSA) is 70.8 Å². The number of aromatic nitrogens is 1. The Labute approximate surface area is 307 Å². The number of carbonyl (C=O) groups is 1. The normalized spacial score (nSPS) is 29.7. The summed E-state index contributed by atoms with van der Waals surface area (Å²) >= 11 is 0. The highest BCUT2D eigenvalue weighted by molar-refractivity contribution is 6.74. The Kier molecular flexibility index (Phi) is 12.9. The Bertz CT molecular complexity index is 1380. The summed E-state index contributed by atoms with van der Waals surface area (Å²) < 4.78 is 25.0. The second kappa shape index (κ2) is 15.7. The molecule has 1 aromatic rings. The van der Waals surface area contributed by atoms with Crippen LogP contribution in [-0.2, 0) is 18.4 Å². The van der Waals surface area contributed by atoms with Crippen LogP contribution in [0.3, 0.4) is 0 Å². The van der Waals surface area contributed by atoms with Crippen LogP contribution in [0, 0.1) is 23.2 Å². The smallest absolute Gasteiger partial charge is 0.303 e. The molecule has 1 unspecified atom stereocenters. The van der Waals surface area contributed by atoms with Crippen LogP contribution < -0.4 is 0 Å². The molecule has 0 bridgehead atoms. The zero-order valence-corrected chi connectivity index (χ0v) is 36.0. The van der Waals surface area contributed by atoms with Crippen molar-refractivity contribution >= 4 is 22.6 Å². The van der Waals surface area contributed by atoms with Crippen molar-refractivity contribution in [3.05, 3.63) is 53.8 Å². The van der Waals surface area contributed by atoms with Crippen LogP contribution in [0.2, 0.25) is 36.3 Å². The summed E-state index contributed by atoms with van der Waals surface area (Å²) in [5.74, 6) is 1.65. The SMILES string of the molecule is C=C1/C(=C\C=C2/CCC[C@]3(C)[C@@H]([C@H](C)CCCC(OC(C)=O)c4cocn4)CC[C@@H]23)C[C@@H](O[Si](C)(C)C(C)(C)C)C[C@@H]1O[Si](C)(C)C(C)(C)C. The lowest BCUT2D eigenvalue weighted by Gasteiger charge is -2.46. The van der Waals surface area contributed by atoms with E-state index in [0.717, 1.165) is 37.7 Å². The molecule has 8 heteroatoms. The predicted molar refractivity (Wildman–Crippen MR) is 211 cm³/mol. The van der Waals surface area contributed by atoms with Crippen molar-refractivity contribution < 1.29 is 22.8 Å². The average molecular weight is 726 g/mol. The highest BCUT2D eigenvalue weighted by Gasteiger charge is 2.51. The first-order valence-corrected chi connectivity index (χ1v) is 25.4. The fraction of sp³-hybridized carbons (Fsp3) is 0.762. The zero-order chi connectivity index (χ0) is 37.3. The van der Waals surface area contributed by atoms with Gasteiger partial charge in [-0.05, 0) is 122 Å². The van der Waals surface area contributed by atoms with E-state index in [9.17, 15) is 4.79 Å². The van der Waals surface area contributed by atoms with Crippen LogP contribution in [0.1, 0.15) is 138 Å². The minimum absolute atomic E-state index is 0.00197. The van der Waals surface area contributed by atoms with E-state index < -0.39 is 16.6 Å². The molecule has 6 nitrogen and oxygen atoms in total. The number of hydrogen-bond donors (Lipinski definition) is 0. The zero-order valence-electron chi connectivity index (χ0n) is 34.0. The van der Waals surface area contributed by atoms with Crippen molar-refractivity contribution in [3.63, 3.8) is 0 Å². The highest BCUT2D eigenvalue weighted by atomic mass is 28.4. The fourth-order valence-electron chi connectivity index (χ4n) is 8.65. The Balaban J connectivity index is 1.51. The third-order valence-corrected chi connectivity index (χ3v) is 22.7. The molecule has 1 heterocycles. The van der Waals surface area contributed by atoms with Crippen LogP contribution >= 0.6 is 0 Å². The maximum atomic E-state index is 11.8. The van der Waals surface area contributed by atoms with Crippen molar-refractivity contribution in [1.82, 2.24) is 4.98 Å². The quantitative estimate of drug-likeness (QED) is 0.158. The first kappa shape index (κ1) is 41.0. The molecule has 50 heavy (non-hydrogen) atoms. The summed E-state index contributed by atoms with van der Waals surface area (Å²) in [4.78, 5) is 16.0. The third-order valence-electron chi connectivity index (χ3n) is 13.7. The lowest BCUT2D eigenvalue weighted by Crippen LogP contribution is -2.49. The molecule has 3 fully saturated rings. The van der Waals surface area contributed by atoms with E-state index in [-0.39, 0.29) is 34.4 Å². The van der Waals surface area contributed by atoms with Gasteiger partial charge in [0.1, 0.15) is 18.1 Å². The minimum atomic E-state index is -2.00. The monoisotopic (exact) mass is 725 g/mol. The molecule has 0 radical (unpaired) electrons.